The molecule has 0 aliphatic heterocycles. The minimum atomic E-state index is -0.348. The van der Waals surface area contributed by atoms with Gasteiger partial charge in [-0.3, -0.25) is 0 Å². The SMILES string of the molecule is CC(C)(C)C#P.[Cl][Re].c1ccc(P(CCP(c2ccccc2)c2ccccc2)c2ccccc2)cc1.c1ccc(P(CCP(c2ccccc2)c2ccccc2)c2ccccc2)cc1. The summed E-state index contributed by atoms with van der Waals surface area (Å²) < 4.78 is 0. The van der Waals surface area contributed by atoms with Gasteiger partial charge in [-0.2, -0.15) is 0 Å². The van der Waals surface area contributed by atoms with Crippen molar-refractivity contribution in [2.45, 2.75) is 20.8 Å². The van der Waals surface area contributed by atoms with Gasteiger partial charge in [0.05, 0.1) is 0 Å². The first kappa shape index (κ1) is 51.6. The van der Waals surface area contributed by atoms with Gasteiger partial charge in [0.15, 0.2) is 0 Å². The van der Waals surface area contributed by atoms with E-state index in [2.05, 4.69) is 278 Å². The molecule has 0 atom stereocenters. The Morgan fingerprint density at radius 2 is 0.422 bits per heavy atom. The zero-order chi connectivity index (χ0) is 45.2. The van der Waals surface area contributed by atoms with Gasteiger partial charge >= 0.3 is 68.2 Å². The molecule has 0 unspecified atom stereocenters. The van der Waals surface area contributed by atoms with Crippen LogP contribution in [0.4, 0.5) is 0 Å². The van der Waals surface area contributed by atoms with E-state index in [1.54, 1.807) is 0 Å². The Morgan fingerprint density at radius 1 is 0.312 bits per heavy atom. The second-order valence-electron chi connectivity index (χ2n) is 15.7. The third-order valence-corrected chi connectivity index (χ3v) is 21.4. The molecule has 0 heterocycles. The minimum Gasteiger partial charge on any atom is -0.0622 e. The monoisotopic (exact) mass is 1120 g/mol. The van der Waals surface area contributed by atoms with Gasteiger partial charge in [0.25, 0.3) is 0 Å². The van der Waals surface area contributed by atoms with Crippen LogP contribution in [0, 0.1) is 11.0 Å². The molecule has 0 amide bonds. The van der Waals surface area contributed by atoms with Gasteiger partial charge in [-0.25, -0.2) is 0 Å². The van der Waals surface area contributed by atoms with E-state index in [9.17, 15) is 0 Å². The van der Waals surface area contributed by atoms with Crippen molar-refractivity contribution in [3.63, 3.8) is 0 Å². The summed E-state index contributed by atoms with van der Waals surface area (Å²) in [5.41, 5.74) is 2.95. The van der Waals surface area contributed by atoms with E-state index in [-0.39, 0.29) is 37.1 Å². The van der Waals surface area contributed by atoms with Crippen LogP contribution in [0.3, 0.4) is 0 Å². The van der Waals surface area contributed by atoms with Gasteiger partial charge in [-0.15, -0.1) is 0 Å². The molecule has 0 saturated heterocycles. The number of halogens is 1. The number of benzene rings is 8. The molecular weight excluding hydrogens is 1060 g/mol. The third kappa shape index (κ3) is 17.5. The van der Waals surface area contributed by atoms with Crippen molar-refractivity contribution in [1.82, 2.24) is 0 Å². The average molecular weight is 1120 g/mol. The van der Waals surface area contributed by atoms with E-state index in [0.29, 0.717) is 0 Å². The summed E-state index contributed by atoms with van der Waals surface area (Å²) in [5.74, 6) is 0. The van der Waals surface area contributed by atoms with Gasteiger partial charge < -0.3 is 0 Å². The molecule has 0 bridgehead atoms. The standard InChI is InChI=1S/2C26H24P2.C5H9P.ClH.Re/c2*1-5-13-23(14-6-1)27(24-15-7-2-8-16-24)21-22-28(25-17-9-3-10-18-25)26-19-11-4-12-20-26;1-5(2,3)4-6;;/h2*1-20H,21-22H2;1-3H3;1H;/q;;;;+1/p-1. The van der Waals surface area contributed by atoms with Crippen LogP contribution in [0.5, 0.6) is 0 Å². The number of rotatable bonds is 14. The third-order valence-electron chi connectivity index (χ3n) is 9.97. The van der Waals surface area contributed by atoms with Crippen LogP contribution in [-0.2, 0) is 18.2 Å². The molecule has 8 aromatic rings. The van der Waals surface area contributed by atoms with Gasteiger partial charge in [0, 0.05) is 0 Å². The second-order valence-corrected chi connectivity index (χ2v) is 25.2. The fourth-order valence-electron chi connectivity index (χ4n) is 6.89. The molecule has 0 fully saturated rings. The Bertz CT molecular complexity index is 1960. The van der Waals surface area contributed by atoms with Gasteiger partial charge in [0.2, 0.25) is 0 Å². The van der Waals surface area contributed by atoms with Crippen LogP contribution in [0.15, 0.2) is 243 Å². The van der Waals surface area contributed by atoms with Crippen LogP contribution in [0.25, 0.3) is 0 Å². The Labute approximate surface area is 406 Å². The molecular formula is C57H57ClP5Re. The van der Waals surface area contributed by atoms with Crippen molar-refractivity contribution in [3.8, 4) is 5.63 Å². The topological polar surface area (TPSA) is 0 Å². The Balaban J connectivity index is 0.000000207. The van der Waals surface area contributed by atoms with Crippen molar-refractivity contribution in [2.75, 3.05) is 24.6 Å². The molecule has 324 valence electrons. The maximum atomic E-state index is 4.69. The summed E-state index contributed by atoms with van der Waals surface area (Å²) in [6, 6.07) is 88.4. The van der Waals surface area contributed by atoms with Crippen molar-refractivity contribution in [1.29, 1.82) is 0 Å². The maximum Gasteiger partial charge on any atom is -0.0195 e. The van der Waals surface area contributed by atoms with Crippen molar-refractivity contribution in [2.24, 2.45) is 5.41 Å². The van der Waals surface area contributed by atoms with E-state index in [0.717, 1.165) is 0 Å². The average Bonchev–Trinajstić information content (AvgIpc) is 3.37. The molecule has 8 rings (SSSR count). The van der Waals surface area contributed by atoms with Crippen LogP contribution in [-0.4, -0.2) is 24.6 Å². The molecule has 0 aliphatic rings. The fraction of sp³-hybridized carbons (Fsp3) is 0.140. The zero-order valence-electron chi connectivity index (χ0n) is 36.9. The Morgan fingerprint density at radius 3 is 0.516 bits per heavy atom. The summed E-state index contributed by atoms with van der Waals surface area (Å²) in [5, 5.41) is 11.8. The molecule has 7 heteroatoms. The first-order valence-electron chi connectivity index (χ1n) is 21.5. The molecule has 8 aromatic carbocycles. The first-order valence-corrected chi connectivity index (χ1v) is 31.4. The van der Waals surface area contributed by atoms with E-state index in [1.165, 1.54) is 85.3 Å². The molecule has 0 radical (unpaired) electrons. The van der Waals surface area contributed by atoms with E-state index >= 15 is 0 Å². The summed E-state index contributed by atoms with van der Waals surface area (Å²) in [6.07, 6.45) is 4.83. The van der Waals surface area contributed by atoms with Crippen LogP contribution in [0.2, 0.25) is 0 Å². The Kier molecular flexibility index (Phi) is 23.6. The molecule has 0 spiro atoms. The zero-order valence-corrected chi connectivity index (χ0v) is 44.9. The van der Waals surface area contributed by atoms with E-state index in [4.69, 9.17) is 9.53 Å². The summed E-state index contributed by atoms with van der Waals surface area (Å²) in [7, 11) is 7.15. The smallest absolute Gasteiger partial charge is 0.0195 e. The van der Waals surface area contributed by atoms with Crippen LogP contribution in [0.1, 0.15) is 20.8 Å². The predicted molar refractivity (Wildman–Crippen MR) is 292 cm³/mol. The summed E-state index contributed by atoms with van der Waals surface area (Å²) in [4.78, 5) is 0. The summed E-state index contributed by atoms with van der Waals surface area (Å²) in [6.45, 7) is 6.17. The predicted octanol–water partition coefficient (Wildman–Crippen LogP) is 13.6. The van der Waals surface area contributed by atoms with Crippen LogP contribution < -0.4 is 42.4 Å². The van der Waals surface area contributed by atoms with Crippen LogP contribution >= 0.6 is 49.9 Å². The van der Waals surface area contributed by atoms with Gasteiger partial charge in [-0.05, 0) is 98.8 Å². The normalized spacial score (nSPS) is 10.8. The maximum absolute atomic E-state index is 4.69. The summed E-state index contributed by atoms with van der Waals surface area (Å²) >= 11 is 1.19. The number of hydrogen-bond donors (Lipinski definition) is 0. The molecule has 0 nitrogen and oxygen atoms in total. The molecule has 64 heavy (non-hydrogen) atoms. The molecule has 0 N–H and O–H groups in total. The second kappa shape index (κ2) is 29.3. The minimum absolute atomic E-state index is 0.156. The van der Waals surface area contributed by atoms with Crippen molar-refractivity contribution >= 4 is 92.3 Å². The molecule has 0 aromatic heterocycles. The van der Waals surface area contributed by atoms with Gasteiger partial charge in [-0.1, -0.05) is 243 Å². The largest absolute Gasteiger partial charge is 0.0622 e. The van der Waals surface area contributed by atoms with Crippen molar-refractivity contribution in [3.05, 3.63) is 243 Å². The van der Waals surface area contributed by atoms with E-state index in [1.807, 2.05) is 0 Å². The molecule has 0 aliphatic carbocycles. The molecule has 0 saturated carbocycles. The fourth-order valence-corrected chi connectivity index (χ4v) is 17.6. The Hall–Kier alpha value is -3.36. The van der Waals surface area contributed by atoms with Gasteiger partial charge in [0.1, 0.15) is 0 Å². The number of hydrogen-bond acceptors (Lipinski definition) is 0. The first-order chi connectivity index (χ1) is 31.4. The van der Waals surface area contributed by atoms with E-state index < -0.39 is 0 Å². The van der Waals surface area contributed by atoms with Crippen molar-refractivity contribution < 1.29 is 18.2 Å². The quantitative estimate of drug-likeness (QED) is 0.0952.